The lowest BCUT2D eigenvalue weighted by atomic mass is 10.1. The molecule has 1 aromatic rings. The van der Waals surface area contributed by atoms with Crippen molar-refractivity contribution in [2.75, 3.05) is 78.9 Å². The molecule has 0 aliphatic heterocycles. The Morgan fingerprint density at radius 1 is 0.778 bits per heavy atom. The van der Waals surface area contributed by atoms with Crippen LogP contribution in [0.15, 0.2) is 12.1 Å². The molecule has 1 heterocycles. The van der Waals surface area contributed by atoms with Gasteiger partial charge in [0.15, 0.2) is 0 Å². The number of ether oxygens (including phenoxy) is 5. The summed E-state index contributed by atoms with van der Waals surface area (Å²) in [6.45, 7) is 20.5. The molecular formula is C33H66N2O8S2. The van der Waals surface area contributed by atoms with Gasteiger partial charge in [-0.25, -0.2) is 0 Å². The van der Waals surface area contributed by atoms with Crippen LogP contribution in [-0.4, -0.2) is 105 Å². The second-order valence-corrected chi connectivity index (χ2v) is 12.0. The topological polar surface area (TPSA) is 129 Å². The van der Waals surface area contributed by atoms with Crippen molar-refractivity contribution in [2.24, 2.45) is 0 Å². The van der Waals surface area contributed by atoms with Crippen LogP contribution in [0.2, 0.25) is 0 Å². The van der Waals surface area contributed by atoms with Crippen LogP contribution in [0.25, 0.3) is 0 Å². The zero-order chi connectivity index (χ0) is 34.4. The molecule has 12 heteroatoms. The van der Waals surface area contributed by atoms with Gasteiger partial charge in [-0.05, 0) is 43.2 Å². The molecule has 0 fully saturated rings. The number of aromatic nitrogens is 1. The minimum atomic E-state index is -0.0649. The van der Waals surface area contributed by atoms with E-state index in [9.17, 15) is 4.79 Å². The largest absolute Gasteiger partial charge is 0.390 e. The first-order valence-electron chi connectivity index (χ1n) is 16.6. The van der Waals surface area contributed by atoms with Crippen molar-refractivity contribution < 1.29 is 38.7 Å². The maximum Gasteiger partial charge on any atom is 0.220 e. The Kier molecular flexibility index (Phi) is 44.2. The standard InChI is InChI=1S/C19H39NO6S2.C10H15NO2.2C2H6/c1-4-8-22-10-12-24-14-16-26-17-15-25-13-11-23-9-7-20-19(21)6-5-18(2)28-27-3;1-2-3-8-4-9(6-12)11-10(5-8)7-13;2*1-2/h18H,4-17H2,1-3H3,(H,20,21);4-5,12-13H,2-3,6-7H2,1H3;2*1-2H3. The SMILES string of the molecule is CC.CC.CCCOCCOCCOCCOCCOCCNC(=O)CCC(C)SSC.CCCc1cc(CO)nc(CO)c1. The summed E-state index contributed by atoms with van der Waals surface area (Å²) in [7, 11) is 3.54. The minimum absolute atomic E-state index is 0.0649. The zero-order valence-corrected chi connectivity index (χ0v) is 31.2. The molecule has 10 nitrogen and oxygen atoms in total. The molecule has 0 aliphatic rings. The van der Waals surface area contributed by atoms with Gasteiger partial charge in [-0.2, -0.15) is 0 Å². The molecule has 0 spiro atoms. The van der Waals surface area contributed by atoms with Gasteiger partial charge in [0.25, 0.3) is 0 Å². The van der Waals surface area contributed by atoms with Gasteiger partial charge < -0.3 is 39.2 Å². The predicted molar refractivity (Wildman–Crippen MR) is 190 cm³/mol. The fraction of sp³-hybridized carbons (Fsp3) is 0.818. The van der Waals surface area contributed by atoms with Gasteiger partial charge in [-0.15, -0.1) is 0 Å². The molecule has 0 saturated carbocycles. The number of carbonyl (C=O) groups is 1. The number of amides is 1. The van der Waals surface area contributed by atoms with Crippen LogP contribution in [0.4, 0.5) is 0 Å². The van der Waals surface area contributed by atoms with E-state index in [0.717, 1.165) is 37.9 Å². The van der Waals surface area contributed by atoms with E-state index in [0.29, 0.717) is 89.1 Å². The third kappa shape index (κ3) is 35.7. The van der Waals surface area contributed by atoms with E-state index >= 15 is 0 Å². The van der Waals surface area contributed by atoms with E-state index in [1.165, 1.54) is 0 Å². The maximum absolute atomic E-state index is 11.7. The molecule has 3 N–H and O–H groups in total. The van der Waals surface area contributed by atoms with Crippen molar-refractivity contribution in [2.45, 2.75) is 99.0 Å². The second kappa shape index (κ2) is 41.1. The Hall–Kier alpha value is -0.960. The fourth-order valence-electron chi connectivity index (χ4n) is 3.34. The fourth-order valence-corrected chi connectivity index (χ4v) is 5.15. The number of nitrogens with one attached hydrogen (secondary N) is 1. The summed E-state index contributed by atoms with van der Waals surface area (Å²) in [5, 5.41) is 21.2. The lowest BCUT2D eigenvalue weighted by Gasteiger charge is -2.10. The van der Waals surface area contributed by atoms with E-state index in [1.54, 1.807) is 21.6 Å². The molecule has 0 aromatic carbocycles. The number of hydrogen-bond donors (Lipinski definition) is 3. The van der Waals surface area contributed by atoms with Crippen molar-refractivity contribution >= 4 is 27.5 Å². The predicted octanol–water partition coefficient (Wildman–Crippen LogP) is 5.85. The Morgan fingerprint density at radius 2 is 1.22 bits per heavy atom. The summed E-state index contributed by atoms with van der Waals surface area (Å²) in [6.07, 6.45) is 6.56. The summed E-state index contributed by atoms with van der Waals surface area (Å²) in [5.74, 6) is 0.0861. The van der Waals surface area contributed by atoms with Crippen molar-refractivity contribution in [1.82, 2.24) is 10.3 Å². The first-order valence-corrected chi connectivity index (χ1v) is 19.2. The number of carbonyl (C=O) groups excluding carboxylic acids is 1. The van der Waals surface area contributed by atoms with E-state index in [2.05, 4.69) is 37.3 Å². The van der Waals surface area contributed by atoms with Crippen LogP contribution in [0.5, 0.6) is 0 Å². The van der Waals surface area contributed by atoms with Crippen LogP contribution < -0.4 is 5.32 Å². The maximum atomic E-state index is 11.7. The summed E-state index contributed by atoms with van der Waals surface area (Å²) in [5.41, 5.74) is 2.40. The smallest absolute Gasteiger partial charge is 0.220 e. The van der Waals surface area contributed by atoms with Crippen LogP contribution in [0.1, 0.15) is 91.1 Å². The highest BCUT2D eigenvalue weighted by molar-refractivity contribution is 8.76. The van der Waals surface area contributed by atoms with Crippen molar-refractivity contribution in [3.63, 3.8) is 0 Å². The Balaban J connectivity index is -0.000000857. The Labute approximate surface area is 282 Å². The third-order valence-electron chi connectivity index (χ3n) is 5.30. The number of aryl methyl sites for hydroxylation is 1. The Morgan fingerprint density at radius 3 is 1.62 bits per heavy atom. The van der Waals surface area contributed by atoms with Crippen LogP contribution in [-0.2, 0) is 48.1 Å². The molecule has 45 heavy (non-hydrogen) atoms. The molecule has 0 radical (unpaired) electrons. The van der Waals surface area contributed by atoms with Gasteiger partial charge in [0.1, 0.15) is 0 Å². The molecule has 0 saturated heterocycles. The van der Waals surface area contributed by atoms with E-state index < -0.39 is 0 Å². The highest BCUT2D eigenvalue weighted by Crippen LogP contribution is 2.26. The highest BCUT2D eigenvalue weighted by Gasteiger charge is 2.06. The highest BCUT2D eigenvalue weighted by atomic mass is 33.1. The van der Waals surface area contributed by atoms with Gasteiger partial charge in [0.2, 0.25) is 5.91 Å². The van der Waals surface area contributed by atoms with E-state index in [-0.39, 0.29) is 19.1 Å². The molecule has 1 atom stereocenters. The summed E-state index contributed by atoms with van der Waals surface area (Å²) in [4.78, 5) is 15.7. The second-order valence-electron chi connectivity index (χ2n) is 9.05. The Bertz CT molecular complexity index is 714. The monoisotopic (exact) mass is 682 g/mol. The molecule has 1 unspecified atom stereocenters. The van der Waals surface area contributed by atoms with Gasteiger partial charge in [0.05, 0.1) is 84.1 Å². The summed E-state index contributed by atoms with van der Waals surface area (Å²) < 4.78 is 26.9. The van der Waals surface area contributed by atoms with Crippen molar-refractivity contribution in [1.29, 1.82) is 0 Å². The number of nitrogens with zero attached hydrogens (tertiary/aromatic N) is 1. The molecule has 1 rings (SSSR count). The number of rotatable bonds is 26. The number of aliphatic hydroxyl groups is 2. The van der Waals surface area contributed by atoms with Crippen molar-refractivity contribution in [3.8, 4) is 0 Å². The average Bonchev–Trinajstić information content (AvgIpc) is 3.07. The molecular weight excluding hydrogens is 617 g/mol. The average molecular weight is 683 g/mol. The van der Waals surface area contributed by atoms with Crippen LogP contribution in [0, 0.1) is 0 Å². The lowest BCUT2D eigenvalue weighted by molar-refractivity contribution is -0.121. The number of aliphatic hydroxyl groups excluding tert-OH is 2. The lowest BCUT2D eigenvalue weighted by Crippen LogP contribution is -2.27. The molecule has 0 bridgehead atoms. The summed E-state index contributed by atoms with van der Waals surface area (Å²) in [6, 6.07) is 3.76. The van der Waals surface area contributed by atoms with Gasteiger partial charge in [-0.3, -0.25) is 9.78 Å². The molecule has 1 amide bonds. The first kappa shape index (κ1) is 48.4. The molecule has 1 aromatic heterocycles. The number of pyridine rings is 1. The van der Waals surface area contributed by atoms with Crippen molar-refractivity contribution in [3.05, 3.63) is 29.1 Å². The normalized spacial score (nSPS) is 10.9. The molecule has 268 valence electrons. The van der Waals surface area contributed by atoms with Gasteiger partial charge >= 0.3 is 0 Å². The first-order chi connectivity index (χ1) is 22.0. The van der Waals surface area contributed by atoms with Gasteiger partial charge in [-0.1, -0.05) is 76.5 Å². The van der Waals surface area contributed by atoms with E-state index in [4.69, 9.17) is 33.9 Å². The molecule has 0 aliphatic carbocycles. The third-order valence-corrected chi connectivity index (χ3v) is 7.62. The van der Waals surface area contributed by atoms with Crippen LogP contribution >= 0.6 is 21.6 Å². The zero-order valence-electron chi connectivity index (χ0n) is 29.6. The minimum Gasteiger partial charge on any atom is -0.390 e. The van der Waals surface area contributed by atoms with Gasteiger partial charge in [0, 0.05) is 24.8 Å². The summed E-state index contributed by atoms with van der Waals surface area (Å²) >= 11 is 0. The number of hydrogen-bond acceptors (Lipinski definition) is 11. The quantitative estimate of drug-likeness (QED) is 0.0805. The van der Waals surface area contributed by atoms with E-state index in [1.807, 2.05) is 39.8 Å². The van der Waals surface area contributed by atoms with Crippen LogP contribution in [0.3, 0.4) is 0 Å².